The van der Waals surface area contributed by atoms with Crippen molar-refractivity contribution in [2.45, 2.75) is 31.1 Å². The number of ether oxygens (including phenoxy) is 2. The lowest BCUT2D eigenvalue weighted by Gasteiger charge is -2.26. The number of benzene rings is 1. The molecule has 1 atom stereocenters. The van der Waals surface area contributed by atoms with Crippen molar-refractivity contribution >= 4 is 38.9 Å². The number of carbonyl (C=O) groups is 2. The monoisotopic (exact) mass is 478 g/mol. The fraction of sp³-hybridized carbons (Fsp3) is 0.455. The van der Waals surface area contributed by atoms with Crippen LogP contribution in [0.25, 0.3) is 0 Å². The summed E-state index contributed by atoms with van der Waals surface area (Å²) in [7, 11) is -3.59. The van der Waals surface area contributed by atoms with Gasteiger partial charge in [-0.2, -0.15) is 4.31 Å². The van der Waals surface area contributed by atoms with Crippen LogP contribution in [0.2, 0.25) is 0 Å². The minimum Gasteiger partial charge on any atom is -0.452 e. The number of sulfonamides is 1. The Hall–Kier alpha value is -2.27. The predicted octanol–water partition coefficient (Wildman–Crippen LogP) is 2.69. The number of hydrogen-bond donors (Lipinski definition) is 1. The number of anilines is 1. The summed E-state index contributed by atoms with van der Waals surface area (Å²) in [5, 5.41) is 4.44. The van der Waals surface area contributed by atoms with Gasteiger partial charge < -0.3 is 14.8 Å². The van der Waals surface area contributed by atoms with E-state index in [1.54, 1.807) is 11.3 Å². The minimum atomic E-state index is -3.59. The zero-order chi connectivity index (χ0) is 22.7. The molecule has 0 radical (unpaired) electrons. The number of morpholine rings is 1. The maximum Gasteiger partial charge on any atom is 0.339 e. The zero-order valence-electron chi connectivity index (χ0n) is 17.8. The molecular weight excluding hydrogens is 452 g/mol. The number of amides is 1. The molecule has 1 unspecified atom stereocenters. The molecule has 0 spiro atoms. The zero-order valence-corrected chi connectivity index (χ0v) is 19.5. The van der Waals surface area contributed by atoms with Crippen molar-refractivity contribution < 1.29 is 27.5 Å². The lowest BCUT2D eigenvalue weighted by Crippen LogP contribution is -2.40. The Morgan fingerprint density at radius 1 is 1.22 bits per heavy atom. The molecule has 10 heteroatoms. The lowest BCUT2D eigenvalue weighted by atomic mass is 9.88. The fourth-order valence-corrected chi connectivity index (χ4v) is 6.54. The Morgan fingerprint density at radius 3 is 2.66 bits per heavy atom. The van der Waals surface area contributed by atoms with Crippen molar-refractivity contribution in [1.29, 1.82) is 0 Å². The van der Waals surface area contributed by atoms with E-state index in [9.17, 15) is 18.0 Å². The molecule has 1 aliphatic carbocycles. The second-order valence-corrected chi connectivity index (χ2v) is 11.0. The van der Waals surface area contributed by atoms with Gasteiger partial charge in [0.25, 0.3) is 5.91 Å². The van der Waals surface area contributed by atoms with E-state index in [1.165, 1.54) is 33.4 Å². The molecule has 1 fully saturated rings. The first kappa shape index (κ1) is 22.9. The molecule has 172 valence electrons. The van der Waals surface area contributed by atoms with Crippen molar-refractivity contribution in [3.63, 3.8) is 0 Å². The van der Waals surface area contributed by atoms with E-state index in [4.69, 9.17) is 9.47 Å². The molecule has 4 rings (SSSR count). The first-order valence-electron chi connectivity index (χ1n) is 10.6. The Balaban J connectivity index is 1.31. The standard InChI is InChI=1S/C22H26N2O6S2/c1-15-2-7-18-19(14-31-20(18)12-15)22(26)30-13-21(25)23-16-3-5-17(6-4-16)32(27,28)24-8-10-29-11-9-24/h3-6,14-15H,2,7-13H2,1H3,(H,23,25). The summed E-state index contributed by atoms with van der Waals surface area (Å²) < 4.78 is 37.1. The number of thiophene rings is 1. The summed E-state index contributed by atoms with van der Waals surface area (Å²) >= 11 is 1.57. The van der Waals surface area contributed by atoms with Gasteiger partial charge in [0.15, 0.2) is 6.61 Å². The molecule has 1 aromatic carbocycles. The largest absolute Gasteiger partial charge is 0.452 e. The van der Waals surface area contributed by atoms with Crippen LogP contribution in [-0.2, 0) is 37.1 Å². The Morgan fingerprint density at radius 2 is 1.94 bits per heavy atom. The van der Waals surface area contributed by atoms with Gasteiger partial charge in [-0.3, -0.25) is 4.79 Å². The number of fused-ring (bicyclic) bond motifs is 1. The van der Waals surface area contributed by atoms with Gasteiger partial charge in [0.1, 0.15) is 0 Å². The van der Waals surface area contributed by atoms with Crippen molar-refractivity contribution in [3.8, 4) is 0 Å². The quantitative estimate of drug-likeness (QED) is 0.641. The van der Waals surface area contributed by atoms with Crippen LogP contribution in [-0.4, -0.2) is 57.5 Å². The molecule has 1 N–H and O–H groups in total. The van der Waals surface area contributed by atoms with E-state index in [0.29, 0.717) is 43.5 Å². The van der Waals surface area contributed by atoms with Crippen molar-refractivity contribution in [2.75, 3.05) is 38.2 Å². The first-order valence-corrected chi connectivity index (χ1v) is 12.9. The van der Waals surface area contributed by atoms with Gasteiger partial charge in [-0.15, -0.1) is 11.3 Å². The average molecular weight is 479 g/mol. The third-order valence-corrected chi connectivity index (χ3v) is 8.67. The van der Waals surface area contributed by atoms with E-state index in [-0.39, 0.29) is 4.90 Å². The summed E-state index contributed by atoms with van der Waals surface area (Å²) in [4.78, 5) is 26.0. The number of nitrogens with zero attached hydrogens (tertiary/aromatic N) is 1. The van der Waals surface area contributed by atoms with Gasteiger partial charge in [-0.25, -0.2) is 13.2 Å². The van der Waals surface area contributed by atoms with Gasteiger partial charge in [0, 0.05) is 29.0 Å². The Bertz CT molecular complexity index is 1090. The second kappa shape index (κ2) is 9.70. The van der Waals surface area contributed by atoms with E-state index in [2.05, 4.69) is 12.2 Å². The van der Waals surface area contributed by atoms with Crippen LogP contribution in [0.3, 0.4) is 0 Å². The number of carbonyl (C=O) groups excluding carboxylic acids is 2. The highest BCUT2D eigenvalue weighted by molar-refractivity contribution is 7.89. The molecule has 1 aliphatic heterocycles. The molecule has 1 aromatic heterocycles. The highest BCUT2D eigenvalue weighted by atomic mass is 32.2. The molecule has 8 nitrogen and oxygen atoms in total. The second-order valence-electron chi connectivity index (χ2n) is 8.06. The van der Waals surface area contributed by atoms with Crippen LogP contribution in [0, 0.1) is 5.92 Å². The third-order valence-electron chi connectivity index (χ3n) is 5.70. The van der Waals surface area contributed by atoms with Crippen LogP contribution in [0.1, 0.15) is 34.1 Å². The smallest absolute Gasteiger partial charge is 0.339 e. The Labute approximate surface area is 191 Å². The Kier molecular flexibility index (Phi) is 6.94. The molecular formula is C22H26N2O6S2. The normalized spacial score (nSPS) is 19.2. The first-order chi connectivity index (χ1) is 15.3. The van der Waals surface area contributed by atoms with Crippen LogP contribution in [0.4, 0.5) is 5.69 Å². The van der Waals surface area contributed by atoms with Crippen LogP contribution in [0.5, 0.6) is 0 Å². The van der Waals surface area contributed by atoms with Gasteiger partial charge in [-0.1, -0.05) is 6.92 Å². The maximum absolute atomic E-state index is 12.7. The molecule has 1 amide bonds. The summed E-state index contributed by atoms with van der Waals surface area (Å²) in [5.74, 6) is -0.356. The SMILES string of the molecule is CC1CCc2c(C(=O)OCC(=O)Nc3ccc(S(=O)(=O)N4CCOCC4)cc3)csc2C1. The number of esters is 1. The molecule has 1 saturated heterocycles. The molecule has 2 aliphatic rings. The highest BCUT2D eigenvalue weighted by Gasteiger charge is 2.26. The van der Waals surface area contributed by atoms with E-state index >= 15 is 0 Å². The number of nitrogens with one attached hydrogen (secondary N) is 1. The highest BCUT2D eigenvalue weighted by Crippen LogP contribution is 2.33. The molecule has 2 heterocycles. The van der Waals surface area contributed by atoms with Crippen molar-refractivity contribution in [3.05, 3.63) is 45.6 Å². The van der Waals surface area contributed by atoms with Gasteiger partial charge in [-0.05, 0) is 55.0 Å². The molecule has 2 aromatic rings. The van der Waals surface area contributed by atoms with Crippen LogP contribution < -0.4 is 5.32 Å². The molecule has 0 bridgehead atoms. The summed E-state index contributed by atoms with van der Waals surface area (Å²) in [5.41, 5.74) is 2.03. The van der Waals surface area contributed by atoms with Crippen LogP contribution >= 0.6 is 11.3 Å². The topological polar surface area (TPSA) is 102 Å². The summed E-state index contributed by atoms with van der Waals surface area (Å²) in [6.07, 6.45) is 2.88. The van der Waals surface area contributed by atoms with Crippen molar-refractivity contribution in [1.82, 2.24) is 4.31 Å². The predicted molar refractivity (Wildman–Crippen MR) is 120 cm³/mol. The van der Waals surface area contributed by atoms with Crippen molar-refractivity contribution in [2.24, 2.45) is 5.92 Å². The van der Waals surface area contributed by atoms with E-state index < -0.39 is 28.5 Å². The van der Waals surface area contributed by atoms with Gasteiger partial charge in [0.2, 0.25) is 10.0 Å². The van der Waals surface area contributed by atoms with Gasteiger partial charge >= 0.3 is 5.97 Å². The minimum absolute atomic E-state index is 0.153. The third kappa shape index (κ3) is 5.03. The van der Waals surface area contributed by atoms with E-state index in [1.807, 2.05) is 5.38 Å². The number of rotatable bonds is 6. The summed E-state index contributed by atoms with van der Waals surface area (Å²) in [6.45, 7) is 3.18. The fourth-order valence-electron chi connectivity index (χ4n) is 3.90. The lowest BCUT2D eigenvalue weighted by molar-refractivity contribution is -0.119. The van der Waals surface area contributed by atoms with Crippen LogP contribution in [0.15, 0.2) is 34.5 Å². The number of hydrogen-bond acceptors (Lipinski definition) is 7. The molecule has 0 saturated carbocycles. The molecule has 32 heavy (non-hydrogen) atoms. The van der Waals surface area contributed by atoms with Gasteiger partial charge in [0.05, 0.1) is 23.7 Å². The summed E-state index contributed by atoms with van der Waals surface area (Å²) in [6, 6.07) is 5.93. The average Bonchev–Trinajstić information content (AvgIpc) is 3.21. The van der Waals surface area contributed by atoms with E-state index in [0.717, 1.165) is 24.8 Å². The maximum atomic E-state index is 12.7.